The zero-order valence-corrected chi connectivity index (χ0v) is 18.2. The van der Waals surface area contributed by atoms with Crippen molar-refractivity contribution in [2.75, 3.05) is 0 Å². The van der Waals surface area contributed by atoms with Crippen LogP contribution >= 0.6 is 15.9 Å². The molecule has 4 rings (SSSR count). The zero-order chi connectivity index (χ0) is 20.5. The Hall–Kier alpha value is -2.85. The molecule has 0 bridgehead atoms. The Kier molecular flexibility index (Phi) is 5.29. The molecule has 0 unspecified atom stereocenters. The third-order valence-electron chi connectivity index (χ3n) is 5.03. The molecule has 0 atom stereocenters. The summed E-state index contributed by atoms with van der Waals surface area (Å²) in [5, 5.41) is 0. The van der Waals surface area contributed by atoms with Crippen LogP contribution < -0.4 is 9.47 Å². The molecular weight excluding hydrogens is 428 g/mol. The van der Waals surface area contributed by atoms with Gasteiger partial charge in [0.15, 0.2) is 5.76 Å². The van der Waals surface area contributed by atoms with Gasteiger partial charge in [0.25, 0.3) is 0 Å². The molecule has 3 aromatic rings. The highest BCUT2D eigenvalue weighted by molar-refractivity contribution is 9.10. The molecule has 1 aliphatic heterocycles. The molecule has 1 heterocycles. The molecule has 29 heavy (non-hydrogen) atoms. The summed E-state index contributed by atoms with van der Waals surface area (Å²) in [7, 11) is 0. The van der Waals surface area contributed by atoms with Crippen molar-refractivity contribution in [3.8, 4) is 11.5 Å². The third-order valence-corrected chi connectivity index (χ3v) is 5.76. The Morgan fingerprint density at radius 1 is 1.00 bits per heavy atom. The minimum absolute atomic E-state index is 0.102. The average molecular weight is 449 g/mol. The maximum absolute atomic E-state index is 12.9. The molecule has 0 saturated carbocycles. The van der Waals surface area contributed by atoms with E-state index in [0.717, 1.165) is 21.2 Å². The highest BCUT2D eigenvalue weighted by atomic mass is 79.9. The highest BCUT2D eigenvalue weighted by Crippen LogP contribution is 2.38. The van der Waals surface area contributed by atoms with Gasteiger partial charge in [-0.2, -0.15) is 0 Å². The first-order valence-electron chi connectivity index (χ1n) is 9.45. The number of carbonyl (C=O) groups is 1. The molecule has 0 saturated heterocycles. The second kappa shape index (κ2) is 7.88. The van der Waals surface area contributed by atoms with Gasteiger partial charge in [-0.3, -0.25) is 4.79 Å². The molecule has 0 N–H and O–H groups in total. The van der Waals surface area contributed by atoms with Gasteiger partial charge in [0.1, 0.15) is 18.1 Å². The second-order valence-corrected chi connectivity index (χ2v) is 8.15. The fourth-order valence-corrected chi connectivity index (χ4v) is 3.81. The van der Waals surface area contributed by atoms with E-state index in [2.05, 4.69) is 48.0 Å². The summed E-state index contributed by atoms with van der Waals surface area (Å²) in [5.74, 6) is 1.46. The average Bonchev–Trinajstić information content (AvgIpc) is 3.00. The largest absolute Gasteiger partial charge is 0.489 e. The lowest BCUT2D eigenvalue weighted by Crippen LogP contribution is -2.01. The summed E-state index contributed by atoms with van der Waals surface area (Å²) >= 11 is 3.51. The molecule has 0 spiro atoms. The van der Waals surface area contributed by atoms with Crippen LogP contribution in [0.3, 0.4) is 0 Å². The Balaban J connectivity index is 1.59. The molecule has 0 aliphatic carbocycles. The number of carbonyl (C=O) groups excluding carboxylic acids is 1. The number of hydrogen-bond acceptors (Lipinski definition) is 3. The molecule has 0 radical (unpaired) electrons. The lowest BCUT2D eigenvalue weighted by Gasteiger charge is -2.11. The molecule has 4 heteroatoms. The predicted octanol–water partition coefficient (Wildman–Crippen LogP) is 6.57. The molecule has 1 aliphatic rings. The minimum atomic E-state index is -0.102. The Morgan fingerprint density at radius 3 is 2.59 bits per heavy atom. The lowest BCUT2D eigenvalue weighted by molar-refractivity contribution is 0.101. The Morgan fingerprint density at radius 2 is 1.79 bits per heavy atom. The first kappa shape index (κ1) is 19.5. The normalized spacial score (nSPS) is 14.1. The lowest BCUT2D eigenvalue weighted by atomic mass is 10.0. The maximum atomic E-state index is 12.9. The summed E-state index contributed by atoms with van der Waals surface area (Å²) in [6.07, 6.45) is 1.77. The number of allylic oxidation sites excluding steroid dienone is 1. The van der Waals surface area contributed by atoms with E-state index >= 15 is 0 Å². The van der Waals surface area contributed by atoms with Crippen LogP contribution in [0.5, 0.6) is 11.5 Å². The number of benzene rings is 3. The van der Waals surface area contributed by atoms with Gasteiger partial charge in [0.2, 0.25) is 5.78 Å². The number of halogens is 1. The predicted molar refractivity (Wildman–Crippen MR) is 119 cm³/mol. The van der Waals surface area contributed by atoms with Crippen LogP contribution in [0.2, 0.25) is 0 Å². The first-order valence-corrected chi connectivity index (χ1v) is 10.2. The number of Topliss-reactive ketones (excluding diaryl/α,β-unsaturated/α-hetero) is 1. The number of rotatable bonds is 4. The molecule has 0 aromatic heterocycles. The number of hydrogen-bond donors (Lipinski definition) is 0. The summed E-state index contributed by atoms with van der Waals surface area (Å²) in [6.45, 7) is 6.53. The minimum Gasteiger partial charge on any atom is -0.489 e. The van der Waals surface area contributed by atoms with Gasteiger partial charge in [0.05, 0.1) is 5.56 Å². The summed E-state index contributed by atoms with van der Waals surface area (Å²) in [4.78, 5) is 12.9. The van der Waals surface area contributed by atoms with E-state index in [1.54, 1.807) is 12.1 Å². The summed E-state index contributed by atoms with van der Waals surface area (Å²) < 4.78 is 12.8. The quantitative estimate of drug-likeness (QED) is 0.423. The van der Waals surface area contributed by atoms with Crippen LogP contribution in [0.25, 0.3) is 6.08 Å². The van der Waals surface area contributed by atoms with E-state index in [1.165, 1.54) is 11.1 Å². The highest BCUT2D eigenvalue weighted by Gasteiger charge is 2.30. The van der Waals surface area contributed by atoms with Crippen molar-refractivity contribution in [3.05, 3.63) is 98.2 Å². The molecule has 146 valence electrons. The van der Waals surface area contributed by atoms with E-state index in [0.29, 0.717) is 29.4 Å². The van der Waals surface area contributed by atoms with E-state index in [-0.39, 0.29) is 5.78 Å². The first-order chi connectivity index (χ1) is 13.9. The van der Waals surface area contributed by atoms with E-state index in [1.807, 2.05) is 37.3 Å². The van der Waals surface area contributed by atoms with Crippen molar-refractivity contribution in [2.45, 2.75) is 27.4 Å². The molecule has 3 aromatic carbocycles. The fourth-order valence-electron chi connectivity index (χ4n) is 3.41. The van der Waals surface area contributed by atoms with E-state index < -0.39 is 0 Å². The monoisotopic (exact) mass is 448 g/mol. The van der Waals surface area contributed by atoms with Crippen molar-refractivity contribution < 1.29 is 14.3 Å². The van der Waals surface area contributed by atoms with Crippen LogP contribution in [0.4, 0.5) is 0 Å². The maximum Gasteiger partial charge on any atom is 0.232 e. The summed E-state index contributed by atoms with van der Waals surface area (Å²) in [5.41, 5.74) is 5.89. The van der Waals surface area contributed by atoms with Crippen molar-refractivity contribution in [3.63, 3.8) is 0 Å². The number of ether oxygens (including phenoxy) is 2. The molecule has 0 fully saturated rings. The number of fused-ring (bicyclic) bond motifs is 1. The van der Waals surface area contributed by atoms with Gasteiger partial charge in [-0.05, 0) is 61.2 Å². The number of ketones is 1. The van der Waals surface area contributed by atoms with Gasteiger partial charge in [-0.1, -0.05) is 57.9 Å². The summed E-state index contributed by atoms with van der Waals surface area (Å²) in [6, 6.07) is 17.7. The van der Waals surface area contributed by atoms with Gasteiger partial charge < -0.3 is 9.47 Å². The van der Waals surface area contributed by atoms with Crippen molar-refractivity contribution in [2.24, 2.45) is 0 Å². The van der Waals surface area contributed by atoms with Gasteiger partial charge in [-0.15, -0.1) is 0 Å². The van der Waals surface area contributed by atoms with Gasteiger partial charge >= 0.3 is 0 Å². The van der Waals surface area contributed by atoms with Gasteiger partial charge in [-0.25, -0.2) is 0 Å². The van der Waals surface area contributed by atoms with Crippen LogP contribution in [0, 0.1) is 20.8 Å². The standard InChI is InChI=1S/C25H21BrO3/c1-15-8-9-16(2)19(10-15)14-28-20-11-17(3)24-22(13-20)29-23(25(24)27)12-18-6-4-5-7-21(18)26/h4-13H,14H2,1-3H3/b23-12-. The Labute approximate surface area is 179 Å². The van der Waals surface area contributed by atoms with Crippen LogP contribution in [-0.4, -0.2) is 5.78 Å². The third kappa shape index (κ3) is 3.99. The smallest absolute Gasteiger partial charge is 0.232 e. The van der Waals surface area contributed by atoms with E-state index in [4.69, 9.17) is 9.47 Å². The van der Waals surface area contributed by atoms with Crippen LogP contribution in [0.1, 0.15) is 38.2 Å². The number of aryl methyl sites for hydroxylation is 3. The van der Waals surface area contributed by atoms with Crippen molar-refractivity contribution >= 4 is 27.8 Å². The second-order valence-electron chi connectivity index (χ2n) is 7.29. The van der Waals surface area contributed by atoms with Gasteiger partial charge in [0, 0.05) is 10.5 Å². The zero-order valence-electron chi connectivity index (χ0n) is 16.6. The van der Waals surface area contributed by atoms with Crippen molar-refractivity contribution in [1.29, 1.82) is 0 Å². The molecule has 3 nitrogen and oxygen atoms in total. The van der Waals surface area contributed by atoms with Crippen LogP contribution in [-0.2, 0) is 6.61 Å². The van der Waals surface area contributed by atoms with Crippen molar-refractivity contribution in [1.82, 2.24) is 0 Å². The molecular formula is C25H21BrO3. The van der Waals surface area contributed by atoms with E-state index in [9.17, 15) is 4.79 Å². The Bertz CT molecular complexity index is 1140. The molecule has 0 amide bonds. The fraction of sp³-hybridized carbons (Fsp3) is 0.160. The topological polar surface area (TPSA) is 35.5 Å². The SMILES string of the molecule is Cc1ccc(C)c(COc2cc(C)c3c(c2)O/C(=C\c2ccccc2Br)C3=O)c1. The van der Waals surface area contributed by atoms with Crippen LogP contribution in [0.15, 0.2) is 64.8 Å².